The first-order valence-electron chi connectivity index (χ1n) is 6.43. The molecule has 2 N–H and O–H groups in total. The Morgan fingerprint density at radius 3 is 2.71 bits per heavy atom. The Morgan fingerprint density at radius 2 is 2.10 bits per heavy atom. The zero-order valence-corrected chi connectivity index (χ0v) is 11.2. The molecular weight excluding hydrogens is 278 g/mol. The van der Waals surface area contributed by atoms with Crippen LogP contribution in [0.25, 0.3) is 0 Å². The molecule has 2 rings (SSSR count). The summed E-state index contributed by atoms with van der Waals surface area (Å²) in [6.07, 6.45) is 1.14. The number of rotatable bonds is 3. The lowest BCUT2D eigenvalue weighted by Crippen LogP contribution is -2.46. The van der Waals surface area contributed by atoms with Crippen molar-refractivity contribution in [2.45, 2.75) is 0 Å². The normalized spacial score (nSPS) is 15.5. The van der Waals surface area contributed by atoms with Crippen LogP contribution in [0.2, 0.25) is 0 Å². The molecule has 0 radical (unpaired) electrons. The van der Waals surface area contributed by atoms with Gasteiger partial charge in [0.1, 0.15) is 23.3 Å². The average Bonchev–Trinajstić information content (AvgIpc) is 2.50. The highest BCUT2D eigenvalue weighted by atomic mass is 19.1. The Balaban J connectivity index is 2.09. The summed E-state index contributed by atoms with van der Waals surface area (Å²) in [5.74, 6) is -1.90. The first-order valence-corrected chi connectivity index (χ1v) is 6.43. The minimum atomic E-state index is -0.793. The van der Waals surface area contributed by atoms with Gasteiger partial charge in [0, 0.05) is 38.4 Å². The highest BCUT2D eigenvalue weighted by Crippen LogP contribution is 2.15. The molecule has 5 nitrogen and oxygen atoms in total. The van der Waals surface area contributed by atoms with Crippen LogP contribution in [-0.4, -0.2) is 37.0 Å². The summed E-state index contributed by atoms with van der Waals surface area (Å²) >= 11 is 0. The van der Waals surface area contributed by atoms with Crippen LogP contribution in [-0.2, 0) is 4.79 Å². The third-order valence-electron chi connectivity index (χ3n) is 3.06. The standard InChI is InChI=1S/C14H14F2N4O/c15-11-1-2-13(12(16)7-11)19-9-10(8-17)14(21)20-5-3-18-4-6-20/h1-2,7,9,18-19H,3-6H2/b10-9-. The number of amides is 1. The Morgan fingerprint density at radius 1 is 1.38 bits per heavy atom. The third kappa shape index (κ3) is 3.77. The molecule has 1 aliphatic rings. The van der Waals surface area contributed by atoms with E-state index >= 15 is 0 Å². The predicted octanol–water partition coefficient (Wildman–Crippen LogP) is 1.22. The molecule has 1 aliphatic heterocycles. The van der Waals surface area contributed by atoms with E-state index in [0.29, 0.717) is 26.2 Å². The maximum absolute atomic E-state index is 13.4. The van der Waals surface area contributed by atoms with Crippen LogP contribution in [0.4, 0.5) is 14.5 Å². The van der Waals surface area contributed by atoms with Gasteiger partial charge in [-0.3, -0.25) is 4.79 Å². The monoisotopic (exact) mass is 292 g/mol. The summed E-state index contributed by atoms with van der Waals surface area (Å²) < 4.78 is 26.2. The fourth-order valence-electron chi connectivity index (χ4n) is 1.94. The van der Waals surface area contributed by atoms with Crippen LogP contribution in [0.15, 0.2) is 30.0 Å². The molecule has 1 fully saturated rings. The maximum Gasteiger partial charge on any atom is 0.266 e. The zero-order chi connectivity index (χ0) is 15.2. The second kappa shape index (κ2) is 6.81. The van der Waals surface area contributed by atoms with Crippen molar-refractivity contribution in [2.24, 2.45) is 0 Å². The van der Waals surface area contributed by atoms with Crippen LogP contribution < -0.4 is 10.6 Å². The molecule has 0 atom stereocenters. The van der Waals surface area contributed by atoms with Crippen molar-refractivity contribution in [3.05, 3.63) is 41.6 Å². The molecule has 0 unspecified atom stereocenters. The van der Waals surface area contributed by atoms with E-state index in [-0.39, 0.29) is 11.3 Å². The lowest BCUT2D eigenvalue weighted by Gasteiger charge is -2.27. The molecule has 1 amide bonds. The molecule has 0 saturated carbocycles. The minimum absolute atomic E-state index is 0.00254. The SMILES string of the molecule is N#C/C(=C/Nc1ccc(F)cc1F)C(=O)N1CCNCC1. The number of anilines is 1. The predicted molar refractivity (Wildman–Crippen MR) is 73.1 cm³/mol. The Hall–Kier alpha value is -2.46. The van der Waals surface area contributed by atoms with E-state index in [9.17, 15) is 13.6 Å². The summed E-state index contributed by atoms with van der Waals surface area (Å²) in [6.45, 7) is 2.38. The number of hydrogen-bond donors (Lipinski definition) is 2. The van der Waals surface area contributed by atoms with Crippen LogP contribution in [0.5, 0.6) is 0 Å². The molecule has 1 aromatic carbocycles. The van der Waals surface area contributed by atoms with Crippen molar-refractivity contribution in [3.8, 4) is 6.07 Å². The minimum Gasteiger partial charge on any atom is -0.358 e. The summed E-state index contributed by atoms with van der Waals surface area (Å²) in [7, 11) is 0. The van der Waals surface area contributed by atoms with Gasteiger partial charge < -0.3 is 15.5 Å². The molecule has 0 bridgehead atoms. The molecule has 0 aromatic heterocycles. The van der Waals surface area contributed by atoms with E-state index in [0.717, 1.165) is 18.3 Å². The second-order valence-electron chi connectivity index (χ2n) is 4.48. The highest BCUT2D eigenvalue weighted by Gasteiger charge is 2.20. The molecule has 1 aromatic rings. The molecule has 21 heavy (non-hydrogen) atoms. The first kappa shape index (κ1) is 14.9. The number of carbonyl (C=O) groups excluding carboxylic acids is 1. The van der Waals surface area contributed by atoms with Crippen molar-refractivity contribution < 1.29 is 13.6 Å². The van der Waals surface area contributed by atoms with Gasteiger partial charge in [0.05, 0.1) is 5.69 Å². The molecule has 0 aliphatic carbocycles. The molecule has 1 saturated heterocycles. The van der Waals surface area contributed by atoms with Crippen molar-refractivity contribution in [2.75, 3.05) is 31.5 Å². The van der Waals surface area contributed by atoms with E-state index < -0.39 is 17.5 Å². The largest absolute Gasteiger partial charge is 0.358 e. The Kier molecular flexibility index (Phi) is 4.85. The van der Waals surface area contributed by atoms with Gasteiger partial charge >= 0.3 is 0 Å². The summed E-state index contributed by atoms with van der Waals surface area (Å²) in [5, 5.41) is 14.7. The van der Waals surface area contributed by atoms with Crippen molar-refractivity contribution in [1.82, 2.24) is 10.2 Å². The molecule has 110 valence electrons. The van der Waals surface area contributed by atoms with Gasteiger partial charge in [-0.05, 0) is 12.1 Å². The fraction of sp³-hybridized carbons (Fsp3) is 0.286. The zero-order valence-electron chi connectivity index (χ0n) is 11.2. The van der Waals surface area contributed by atoms with Crippen molar-refractivity contribution in [1.29, 1.82) is 5.26 Å². The number of benzene rings is 1. The quantitative estimate of drug-likeness (QED) is 0.649. The van der Waals surface area contributed by atoms with E-state index in [1.807, 2.05) is 0 Å². The van der Waals surface area contributed by atoms with Gasteiger partial charge in [-0.2, -0.15) is 5.26 Å². The number of nitrogens with zero attached hydrogens (tertiary/aromatic N) is 2. The second-order valence-corrected chi connectivity index (χ2v) is 4.48. The summed E-state index contributed by atoms with van der Waals surface area (Å²) in [6, 6.07) is 4.80. The first-order chi connectivity index (χ1) is 10.1. The van der Waals surface area contributed by atoms with Gasteiger partial charge in [-0.15, -0.1) is 0 Å². The smallest absolute Gasteiger partial charge is 0.266 e. The van der Waals surface area contributed by atoms with Crippen LogP contribution in [0.1, 0.15) is 0 Å². The Labute approximate surface area is 120 Å². The average molecular weight is 292 g/mol. The summed E-state index contributed by atoms with van der Waals surface area (Å²) in [5.41, 5.74) is -0.127. The lowest BCUT2D eigenvalue weighted by atomic mass is 10.2. The van der Waals surface area contributed by atoms with Crippen LogP contribution in [0.3, 0.4) is 0 Å². The fourth-order valence-corrected chi connectivity index (χ4v) is 1.94. The van der Waals surface area contributed by atoms with E-state index in [1.54, 1.807) is 11.0 Å². The molecule has 7 heteroatoms. The van der Waals surface area contributed by atoms with Gasteiger partial charge in [-0.25, -0.2) is 8.78 Å². The Bertz CT molecular complexity index is 603. The molecular formula is C14H14F2N4O. The van der Waals surface area contributed by atoms with Gasteiger partial charge in [-0.1, -0.05) is 0 Å². The molecule has 0 spiro atoms. The number of nitrogens with one attached hydrogen (secondary N) is 2. The van der Waals surface area contributed by atoms with E-state index in [1.165, 1.54) is 6.07 Å². The van der Waals surface area contributed by atoms with E-state index in [4.69, 9.17) is 5.26 Å². The van der Waals surface area contributed by atoms with Crippen LogP contribution in [0, 0.1) is 23.0 Å². The number of halogens is 2. The topological polar surface area (TPSA) is 68.2 Å². The maximum atomic E-state index is 13.4. The van der Waals surface area contributed by atoms with Crippen molar-refractivity contribution in [3.63, 3.8) is 0 Å². The van der Waals surface area contributed by atoms with Crippen LogP contribution >= 0.6 is 0 Å². The van der Waals surface area contributed by atoms with Gasteiger partial charge in [0.2, 0.25) is 0 Å². The van der Waals surface area contributed by atoms with E-state index in [2.05, 4.69) is 10.6 Å². The number of carbonyl (C=O) groups is 1. The van der Waals surface area contributed by atoms with Gasteiger partial charge in [0.15, 0.2) is 0 Å². The third-order valence-corrected chi connectivity index (χ3v) is 3.06. The number of nitriles is 1. The number of hydrogen-bond acceptors (Lipinski definition) is 4. The van der Waals surface area contributed by atoms with Crippen molar-refractivity contribution >= 4 is 11.6 Å². The summed E-state index contributed by atoms with van der Waals surface area (Å²) in [4.78, 5) is 13.7. The number of piperazine rings is 1. The highest BCUT2D eigenvalue weighted by molar-refractivity contribution is 5.97. The van der Waals surface area contributed by atoms with Gasteiger partial charge in [0.25, 0.3) is 5.91 Å². The lowest BCUT2D eigenvalue weighted by molar-refractivity contribution is -0.127. The molecule has 1 heterocycles.